The van der Waals surface area contributed by atoms with Gasteiger partial charge in [-0.25, -0.2) is 0 Å². The number of hydrogen-bond donors (Lipinski definition) is 0. The zero-order valence-electron chi connectivity index (χ0n) is 15.4. The monoisotopic (exact) mass is 434 g/mol. The lowest BCUT2D eigenvalue weighted by molar-refractivity contribution is 1.48. The second kappa shape index (κ2) is 8.15. The van der Waals surface area contributed by atoms with Gasteiger partial charge in [-0.05, 0) is 88.0 Å². The summed E-state index contributed by atoms with van der Waals surface area (Å²) >= 11 is 3.49. The van der Waals surface area contributed by atoms with E-state index >= 15 is 0 Å². The highest BCUT2D eigenvalue weighted by atomic mass is 79.9. The summed E-state index contributed by atoms with van der Waals surface area (Å²) in [4.78, 5) is 0. The van der Waals surface area contributed by atoms with Crippen molar-refractivity contribution in [3.8, 4) is 45.5 Å². The van der Waals surface area contributed by atoms with Crippen LogP contribution in [0.25, 0.3) is 33.4 Å². The smallest absolute Gasteiger partial charge is 0.0991 e. The molecule has 4 aromatic carbocycles. The molecule has 0 amide bonds. The van der Waals surface area contributed by atoms with Gasteiger partial charge in [0.05, 0.1) is 23.3 Å². The van der Waals surface area contributed by atoms with Crippen LogP contribution in [0.5, 0.6) is 0 Å². The van der Waals surface area contributed by atoms with Crippen LogP contribution in [0, 0.1) is 22.7 Å². The van der Waals surface area contributed by atoms with Gasteiger partial charge in [-0.2, -0.15) is 10.5 Å². The van der Waals surface area contributed by atoms with E-state index in [0.717, 1.165) is 37.9 Å². The van der Waals surface area contributed by atoms with Gasteiger partial charge in [-0.3, -0.25) is 0 Å². The summed E-state index contributed by atoms with van der Waals surface area (Å²) < 4.78 is 1.04. The van der Waals surface area contributed by atoms with Gasteiger partial charge in [0.1, 0.15) is 0 Å². The molecule has 0 bridgehead atoms. The molecule has 0 heterocycles. The molecule has 0 aliphatic rings. The van der Waals surface area contributed by atoms with E-state index in [1.54, 1.807) is 0 Å². The maximum absolute atomic E-state index is 9.07. The molecular weight excluding hydrogens is 420 g/mol. The topological polar surface area (TPSA) is 47.6 Å². The zero-order valence-corrected chi connectivity index (χ0v) is 17.0. The van der Waals surface area contributed by atoms with Crippen molar-refractivity contribution >= 4 is 15.9 Å². The van der Waals surface area contributed by atoms with Gasteiger partial charge in [0.15, 0.2) is 0 Å². The number of rotatable bonds is 3. The molecule has 2 nitrogen and oxygen atoms in total. The quantitative estimate of drug-likeness (QED) is 0.342. The van der Waals surface area contributed by atoms with E-state index in [4.69, 9.17) is 10.5 Å². The summed E-state index contributed by atoms with van der Waals surface area (Å²) in [5.41, 5.74) is 7.78. The van der Waals surface area contributed by atoms with E-state index < -0.39 is 0 Å². The van der Waals surface area contributed by atoms with Gasteiger partial charge in [-0.1, -0.05) is 52.3 Å². The Labute approximate surface area is 178 Å². The predicted octanol–water partition coefficient (Wildman–Crippen LogP) is 7.19. The predicted molar refractivity (Wildman–Crippen MR) is 120 cm³/mol. The Morgan fingerprint density at radius 1 is 0.448 bits per heavy atom. The maximum Gasteiger partial charge on any atom is 0.0991 e. The van der Waals surface area contributed by atoms with E-state index in [1.165, 1.54) is 0 Å². The van der Waals surface area contributed by atoms with Crippen molar-refractivity contribution in [3.63, 3.8) is 0 Å². The number of hydrogen-bond acceptors (Lipinski definition) is 2. The van der Waals surface area contributed by atoms with Gasteiger partial charge in [0.25, 0.3) is 0 Å². The molecule has 0 N–H and O–H groups in total. The normalized spacial score (nSPS) is 10.2. The van der Waals surface area contributed by atoms with Crippen LogP contribution in [-0.4, -0.2) is 0 Å². The number of benzene rings is 4. The van der Waals surface area contributed by atoms with E-state index in [2.05, 4.69) is 58.4 Å². The molecule has 29 heavy (non-hydrogen) atoms. The lowest BCUT2D eigenvalue weighted by Crippen LogP contribution is -1.87. The molecule has 3 heteroatoms. The number of nitriles is 2. The minimum atomic E-state index is 0.644. The lowest BCUT2D eigenvalue weighted by atomic mass is 9.93. The van der Waals surface area contributed by atoms with Crippen molar-refractivity contribution < 1.29 is 0 Å². The minimum absolute atomic E-state index is 0.644. The molecule has 0 atom stereocenters. The van der Waals surface area contributed by atoms with Crippen molar-refractivity contribution in [2.75, 3.05) is 0 Å². The lowest BCUT2D eigenvalue weighted by Gasteiger charge is -2.12. The number of halogens is 1. The van der Waals surface area contributed by atoms with Crippen LogP contribution < -0.4 is 0 Å². The van der Waals surface area contributed by atoms with Crippen molar-refractivity contribution in [3.05, 3.63) is 107 Å². The Balaban J connectivity index is 1.87. The molecule has 0 unspecified atom stereocenters. The molecular formula is C26H15BrN2. The molecule has 0 saturated heterocycles. The highest BCUT2D eigenvalue weighted by molar-refractivity contribution is 9.10. The summed E-state index contributed by atoms with van der Waals surface area (Å²) in [6.07, 6.45) is 0. The third-order valence-electron chi connectivity index (χ3n) is 4.81. The van der Waals surface area contributed by atoms with Crippen LogP contribution in [0.15, 0.2) is 95.5 Å². The highest BCUT2D eigenvalue weighted by Gasteiger charge is 2.08. The molecule has 0 aromatic heterocycles. The summed E-state index contributed by atoms with van der Waals surface area (Å²) in [6, 6.07) is 34.3. The first-order valence-corrected chi connectivity index (χ1v) is 9.88. The molecule has 0 spiro atoms. The second-order valence-electron chi connectivity index (χ2n) is 6.68. The summed E-state index contributed by atoms with van der Waals surface area (Å²) in [5.74, 6) is 0. The Morgan fingerprint density at radius 3 is 1.07 bits per heavy atom. The Hall–Kier alpha value is -3.66. The molecule has 0 aliphatic carbocycles. The maximum atomic E-state index is 9.07. The molecule has 0 saturated carbocycles. The summed E-state index contributed by atoms with van der Waals surface area (Å²) in [6.45, 7) is 0. The Morgan fingerprint density at radius 2 is 0.759 bits per heavy atom. The first-order valence-electron chi connectivity index (χ1n) is 9.08. The molecule has 0 fully saturated rings. The molecule has 136 valence electrons. The van der Waals surface area contributed by atoms with E-state index in [1.807, 2.05) is 60.7 Å². The first kappa shape index (κ1) is 18.7. The van der Waals surface area contributed by atoms with Crippen LogP contribution in [0.1, 0.15) is 11.1 Å². The Kier molecular flexibility index (Phi) is 5.25. The fourth-order valence-electron chi connectivity index (χ4n) is 3.24. The number of nitrogens with zero attached hydrogens (tertiary/aromatic N) is 2. The van der Waals surface area contributed by atoms with Gasteiger partial charge in [-0.15, -0.1) is 0 Å². The van der Waals surface area contributed by atoms with Crippen LogP contribution in [-0.2, 0) is 0 Å². The van der Waals surface area contributed by atoms with Crippen molar-refractivity contribution in [2.24, 2.45) is 0 Å². The third kappa shape index (κ3) is 4.11. The Bertz CT molecular complexity index is 1170. The van der Waals surface area contributed by atoms with Crippen LogP contribution >= 0.6 is 15.9 Å². The average Bonchev–Trinajstić information content (AvgIpc) is 2.79. The zero-order chi connectivity index (χ0) is 20.2. The standard InChI is InChI=1S/C26H15BrN2/c27-26-11-9-22(10-12-26)25-14-23(20-5-1-18(16-28)2-6-20)13-24(15-25)21-7-3-19(17-29)4-8-21/h1-15H. The highest BCUT2D eigenvalue weighted by Crippen LogP contribution is 2.33. The first-order chi connectivity index (χ1) is 14.2. The fraction of sp³-hybridized carbons (Fsp3) is 0. The van der Waals surface area contributed by atoms with Gasteiger partial charge in [0.2, 0.25) is 0 Å². The van der Waals surface area contributed by atoms with Crippen LogP contribution in [0.3, 0.4) is 0 Å². The summed E-state index contributed by atoms with van der Waals surface area (Å²) in [7, 11) is 0. The molecule has 0 aliphatic heterocycles. The SMILES string of the molecule is N#Cc1ccc(-c2cc(-c3ccc(Br)cc3)cc(-c3ccc(C#N)cc3)c2)cc1. The minimum Gasteiger partial charge on any atom is -0.192 e. The fourth-order valence-corrected chi connectivity index (χ4v) is 3.51. The van der Waals surface area contributed by atoms with E-state index in [-0.39, 0.29) is 0 Å². The van der Waals surface area contributed by atoms with Gasteiger partial charge < -0.3 is 0 Å². The van der Waals surface area contributed by atoms with Crippen LogP contribution in [0.2, 0.25) is 0 Å². The van der Waals surface area contributed by atoms with Crippen molar-refractivity contribution in [1.29, 1.82) is 10.5 Å². The van der Waals surface area contributed by atoms with Gasteiger partial charge >= 0.3 is 0 Å². The van der Waals surface area contributed by atoms with Crippen molar-refractivity contribution in [2.45, 2.75) is 0 Å². The van der Waals surface area contributed by atoms with Crippen LogP contribution in [0.4, 0.5) is 0 Å². The third-order valence-corrected chi connectivity index (χ3v) is 5.33. The molecule has 0 radical (unpaired) electrons. The molecule has 4 rings (SSSR count). The largest absolute Gasteiger partial charge is 0.192 e. The average molecular weight is 435 g/mol. The summed E-state index contributed by atoms with van der Waals surface area (Å²) in [5, 5.41) is 18.1. The molecule has 4 aromatic rings. The van der Waals surface area contributed by atoms with E-state index in [9.17, 15) is 0 Å². The second-order valence-corrected chi connectivity index (χ2v) is 7.60. The van der Waals surface area contributed by atoms with Gasteiger partial charge in [0, 0.05) is 4.47 Å². The van der Waals surface area contributed by atoms with Crippen molar-refractivity contribution in [1.82, 2.24) is 0 Å². The van der Waals surface area contributed by atoms with E-state index in [0.29, 0.717) is 11.1 Å².